The Morgan fingerprint density at radius 2 is 1.10 bits per heavy atom. The molecule has 0 aromatic carbocycles. The van der Waals surface area contributed by atoms with Crippen molar-refractivity contribution in [1.82, 2.24) is 0 Å². The van der Waals surface area contributed by atoms with Gasteiger partial charge in [-0.15, -0.1) is 0 Å². The number of hydrogen-bond acceptors (Lipinski definition) is 6. The Hall–Kier alpha value is -2.06. The molecule has 0 saturated heterocycles. The lowest BCUT2D eigenvalue weighted by atomic mass is 10.4. The Morgan fingerprint density at radius 1 is 0.750 bits per heavy atom. The Morgan fingerprint density at radius 3 is 1.40 bits per heavy atom. The fourth-order valence-electron chi connectivity index (χ4n) is 1.04. The van der Waals surface area contributed by atoms with E-state index < -0.39 is 12.3 Å². The third-order valence-electron chi connectivity index (χ3n) is 1.89. The smallest absolute Gasteiger partial charge is 0.449 e. The second-order valence-electron chi connectivity index (χ2n) is 3.54. The Labute approximate surface area is 116 Å². The predicted octanol–water partition coefficient (Wildman–Crippen LogP) is 2.22. The summed E-state index contributed by atoms with van der Waals surface area (Å²) in [7, 11) is 0. The van der Waals surface area contributed by atoms with E-state index in [1.807, 2.05) is 0 Å². The second kappa shape index (κ2) is 10.8. The second-order valence-corrected chi connectivity index (χ2v) is 3.54. The maximum Gasteiger partial charge on any atom is 0.510 e. The van der Waals surface area contributed by atoms with Crippen molar-refractivity contribution >= 4 is 12.3 Å². The SMILES string of the molecule is C=C(CCOCCOCCC(=C)OC(=O)O)OC(=O)O. The monoisotopic (exact) mass is 290 g/mol. The molecule has 0 bridgehead atoms. The van der Waals surface area contributed by atoms with Gasteiger partial charge in [-0.25, -0.2) is 9.59 Å². The van der Waals surface area contributed by atoms with E-state index in [-0.39, 0.29) is 37.6 Å². The highest BCUT2D eigenvalue weighted by atomic mass is 16.7. The molecular weight excluding hydrogens is 272 g/mol. The van der Waals surface area contributed by atoms with Gasteiger partial charge < -0.3 is 29.2 Å². The van der Waals surface area contributed by atoms with Crippen molar-refractivity contribution in [1.29, 1.82) is 0 Å². The molecule has 0 radical (unpaired) electrons. The van der Waals surface area contributed by atoms with Gasteiger partial charge in [-0.1, -0.05) is 13.2 Å². The van der Waals surface area contributed by atoms with Crippen LogP contribution < -0.4 is 0 Å². The number of carboxylic acid groups (broad SMARTS) is 2. The van der Waals surface area contributed by atoms with Crippen LogP contribution in [0, 0.1) is 0 Å². The van der Waals surface area contributed by atoms with Crippen LogP contribution in [0.1, 0.15) is 12.8 Å². The van der Waals surface area contributed by atoms with Crippen LogP contribution >= 0.6 is 0 Å². The molecule has 0 fully saturated rings. The van der Waals surface area contributed by atoms with E-state index in [1.165, 1.54) is 0 Å². The molecule has 0 atom stereocenters. The van der Waals surface area contributed by atoms with E-state index in [2.05, 4.69) is 22.6 Å². The van der Waals surface area contributed by atoms with Gasteiger partial charge in [0.2, 0.25) is 0 Å². The van der Waals surface area contributed by atoms with Crippen molar-refractivity contribution in [3.05, 3.63) is 24.7 Å². The van der Waals surface area contributed by atoms with Gasteiger partial charge >= 0.3 is 12.3 Å². The molecule has 0 aliphatic heterocycles. The van der Waals surface area contributed by atoms with Gasteiger partial charge in [-0.2, -0.15) is 0 Å². The maximum atomic E-state index is 10.1. The normalized spacial score (nSPS) is 9.80. The highest BCUT2D eigenvalue weighted by Crippen LogP contribution is 2.02. The average Bonchev–Trinajstić information content (AvgIpc) is 2.30. The van der Waals surface area contributed by atoms with Crippen molar-refractivity contribution in [2.45, 2.75) is 12.8 Å². The predicted molar refractivity (Wildman–Crippen MR) is 67.4 cm³/mol. The molecule has 8 heteroatoms. The van der Waals surface area contributed by atoms with Crippen LogP contribution in [-0.2, 0) is 18.9 Å². The van der Waals surface area contributed by atoms with Crippen LogP contribution in [0.15, 0.2) is 24.7 Å². The molecule has 0 rings (SSSR count). The summed E-state index contributed by atoms with van der Waals surface area (Å²) in [5, 5.41) is 16.6. The third kappa shape index (κ3) is 12.4. The minimum absolute atomic E-state index is 0.112. The zero-order chi connectivity index (χ0) is 15.4. The van der Waals surface area contributed by atoms with E-state index in [9.17, 15) is 9.59 Å². The van der Waals surface area contributed by atoms with Gasteiger partial charge in [0.15, 0.2) is 0 Å². The lowest BCUT2D eigenvalue weighted by molar-refractivity contribution is 0.0416. The van der Waals surface area contributed by atoms with Gasteiger partial charge in [-0.3, -0.25) is 0 Å². The fourth-order valence-corrected chi connectivity index (χ4v) is 1.04. The Balaban J connectivity index is 3.33. The van der Waals surface area contributed by atoms with Crippen molar-refractivity contribution in [2.75, 3.05) is 26.4 Å². The van der Waals surface area contributed by atoms with E-state index in [4.69, 9.17) is 19.7 Å². The van der Waals surface area contributed by atoms with E-state index in [1.54, 1.807) is 0 Å². The van der Waals surface area contributed by atoms with Gasteiger partial charge in [0.25, 0.3) is 0 Å². The van der Waals surface area contributed by atoms with E-state index in [0.29, 0.717) is 13.2 Å². The van der Waals surface area contributed by atoms with Gasteiger partial charge in [-0.05, 0) is 0 Å². The molecule has 20 heavy (non-hydrogen) atoms. The van der Waals surface area contributed by atoms with Gasteiger partial charge in [0, 0.05) is 12.8 Å². The molecule has 8 nitrogen and oxygen atoms in total. The average molecular weight is 290 g/mol. The van der Waals surface area contributed by atoms with Crippen LogP contribution in [0.25, 0.3) is 0 Å². The molecule has 0 heterocycles. The highest BCUT2D eigenvalue weighted by Gasteiger charge is 2.03. The minimum Gasteiger partial charge on any atom is -0.449 e. The molecule has 0 unspecified atom stereocenters. The third-order valence-corrected chi connectivity index (χ3v) is 1.89. The maximum absolute atomic E-state index is 10.1. The summed E-state index contributed by atoms with van der Waals surface area (Å²) in [5.74, 6) is 0.223. The molecule has 114 valence electrons. The summed E-state index contributed by atoms with van der Waals surface area (Å²) in [6, 6.07) is 0. The number of rotatable bonds is 11. The van der Waals surface area contributed by atoms with Crippen LogP contribution in [0.5, 0.6) is 0 Å². The summed E-state index contributed by atoms with van der Waals surface area (Å²) in [5.41, 5.74) is 0. The molecule has 0 aromatic rings. The first-order valence-corrected chi connectivity index (χ1v) is 5.74. The van der Waals surface area contributed by atoms with Crippen LogP contribution in [0.2, 0.25) is 0 Å². The highest BCUT2D eigenvalue weighted by molar-refractivity contribution is 5.58. The molecule has 0 aromatic heterocycles. The van der Waals surface area contributed by atoms with Crippen LogP contribution in [-0.4, -0.2) is 49.0 Å². The first-order chi connectivity index (χ1) is 9.41. The Bertz CT molecular complexity index is 315. The first kappa shape index (κ1) is 17.9. The molecule has 0 amide bonds. The lowest BCUT2D eigenvalue weighted by Gasteiger charge is -2.07. The molecule has 2 N–H and O–H groups in total. The fraction of sp³-hybridized carbons (Fsp3) is 0.500. The number of hydrogen-bond donors (Lipinski definition) is 2. The lowest BCUT2D eigenvalue weighted by Crippen LogP contribution is -2.09. The molecule has 0 spiro atoms. The topological polar surface area (TPSA) is 112 Å². The molecule has 0 saturated carbocycles. The molecule has 0 aliphatic rings. The summed E-state index contributed by atoms with van der Waals surface area (Å²) in [6.07, 6.45) is -2.25. The zero-order valence-electron chi connectivity index (χ0n) is 11.0. The van der Waals surface area contributed by atoms with Gasteiger partial charge in [0.1, 0.15) is 11.5 Å². The van der Waals surface area contributed by atoms with Crippen LogP contribution in [0.3, 0.4) is 0 Å². The van der Waals surface area contributed by atoms with Crippen molar-refractivity contribution in [3.63, 3.8) is 0 Å². The van der Waals surface area contributed by atoms with Crippen molar-refractivity contribution in [3.8, 4) is 0 Å². The van der Waals surface area contributed by atoms with E-state index in [0.717, 1.165) is 0 Å². The quantitative estimate of drug-likeness (QED) is 0.338. The van der Waals surface area contributed by atoms with Crippen molar-refractivity contribution < 1.29 is 38.7 Å². The van der Waals surface area contributed by atoms with Gasteiger partial charge in [0.05, 0.1) is 26.4 Å². The minimum atomic E-state index is -1.40. The molecular formula is C12H18O8. The number of carbonyl (C=O) groups is 2. The summed E-state index contributed by atoms with van der Waals surface area (Å²) >= 11 is 0. The largest absolute Gasteiger partial charge is 0.510 e. The number of ether oxygens (including phenoxy) is 4. The summed E-state index contributed by atoms with van der Waals surface area (Å²) < 4.78 is 18.9. The summed E-state index contributed by atoms with van der Waals surface area (Å²) in [6.45, 7) is 7.96. The molecule has 0 aliphatic carbocycles. The van der Waals surface area contributed by atoms with Crippen LogP contribution in [0.4, 0.5) is 9.59 Å². The standard InChI is InChI=1S/C12H18O8/c1-9(19-11(13)14)3-5-17-7-8-18-6-4-10(2)20-12(15)16/h1-8H2,(H,13,14)(H,15,16). The zero-order valence-corrected chi connectivity index (χ0v) is 11.0. The van der Waals surface area contributed by atoms with Crippen molar-refractivity contribution in [2.24, 2.45) is 0 Å². The van der Waals surface area contributed by atoms with E-state index >= 15 is 0 Å². The Kier molecular flexibility index (Phi) is 9.71. The summed E-state index contributed by atoms with van der Waals surface area (Å²) in [4.78, 5) is 20.3. The first-order valence-electron chi connectivity index (χ1n) is 5.74.